The third kappa shape index (κ3) is 3.23. The Kier molecular flexibility index (Phi) is 4.10. The van der Waals surface area contributed by atoms with Crippen LogP contribution in [0.3, 0.4) is 0 Å². The minimum atomic E-state index is -0.505. The van der Waals surface area contributed by atoms with E-state index in [1.807, 2.05) is 30.3 Å². The molecule has 0 spiro atoms. The van der Waals surface area contributed by atoms with Crippen LogP contribution in [0.4, 0.5) is 15.9 Å². The predicted octanol–water partition coefficient (Wildman–Crippen LogP) is 3.63. The highest BCUT2D eigenvalue weighted by atomic mass is 19.1. The molecule has 3 rings (SSSR count). The zero-order chi connectivity index (χ0) is 16.2. The van der Waals surface area contributed by atoms with Crippen LogP contribution in [0.15, 0.2) is 60.8 Å². The molecule has 1 heterocycles. The monoisotopic (exact) mass is 309 g/mol. The highest BCUT2D eigenvalue weighted by Crippen LogP contribution is 2.32. The summed E-state index contributed by atoms with van der Waals surface area (Å²) in [5.41, 5.74) is 13.6. The molecule has 0 aliphatic heterocycles. The molecule has 0 amide bonds. The number of nitrogen functional groups attached to an aromatic ring is 2. The lowest BCUT2D eigenvalue weighted by atomic mass is 10.0. The summed E-state index contributed by atoms with van der Waals surface area (Å²) >= 11 is 0. The molecule has 1 aromatic heterocycles. The molecule has 4 nitrogen and oxygen atoms in total. The number of aromatic nitrogens is 1. The van der Waals surface area contributed by atoms with Crippen molar-refractivity contribution in [3.8, 4) is 16.9 Å². The number of rotatable bonds is 4. The van der Waals surface area contributed by atoms with Crippen molar-refractivity contribution < 1.29 is 9.13 Å². The summed E-state index contributed by atoms with van der Waals surface area (Å²) in [7, 11) is 0. The molecule has 0 unspecified atom stereocenters. The van der Waals surface area contributed by atoms with Crippen molar-refractivity contribution in [2.75, 3.05) is 11.5 Å². The van der Waals surface area contributed by atoms with Crippen LogP contribution >= 0.6 is 0 Å². The van der Waals surface area contributed by atoms with Crippen LogP contribution in [-0.2, 0) is 6.61 Å². The number of halogens is 1. The normalized spacial score (nSPS) is 10.5. The van der Waals surface area contributed by atoms with E-state index < -0.39 is 5.82 Å². The molecular weight excluding hydrogens is 293 g/mol. The standard InChI is InChI=1S/C18H16FN3O/c19-15-10-22-18(21)17(20)16(15)13-6-8-14(9-7-13)23-11-12-4-2-1-3-5-12/h1-10H,11,20H2,(H2,21,22). The fourth-order valence-electron chi connectivity index (χ4n) is 2.27. The number of anilines is 2. The summed E-state index contributed by atoms with van der Waals surface area (Å²) in [5.74, 6) is 0.305. The largest absolute Gasteiger partial charge is 0.489 e. The van der Waals surface area contributed by atoms with Gasteiger partial charge in [-0.1, -0.05) is 42.5 Å². The number of nitrogens with zero attached hydrogens (tertiary/aromatic N) is 1. The van der Waals surface area contributed by atoms with Crippen molar-refractivity contribution in [3.05, 3.63) is 72.2 Å². The summed E-state index contributed by atoms with van der Waals surface area (Å²) in [5, 5.41) is 0. The molecule has 5 heteroatoms. The summed E-state index contributed by atoms with van der Waals surface area (Å²) in [6.45, 7) is 0.471. The first-order chi connectivity index (χ1) is 11.1. The second-order valence-corrected chi connectivity index (χ2v) is 5.08. The molecule has 0 aliphatic carbocycles. The van der Waals surface area contributed by atoms with Crippen molar-refractivity contribution in [1.29, 1.82) is 0 Å². The van der Waals surface area contributed by atoms with Crippen molar-refractivity contribution in [2.24, 2.45) is 0 Å². The Morgan fingerprint density at radius 1 is 0.957 bits per heavy atom. The quantitative estimate of drug-likeness (QED) is 0.771. The Morgan fingerprint density at radius 3 is 2.35 bits per heavy atom. The molecule has 4 N–H and O–H groups in total. The third-order valence-corrected chi connectivity index (χ3v) is 3.49. The maximum absolute atomic E-state index is 14.0. The smallest absolute Gasteiger partial charge is 0.151 e. The number of nitrogens with two attached hydrogens (primary N) is 2. The van der Waals surface area contributed by atoms with Gasteiger partial charge in [0.1, 0.15) is 18.2 Å². The maximum atomic E-state index is 14.0. The third-order valence-electron chi connectivity index (χ3n) is 3.49. The Labute approximate surface area is 133 Å². The fourth-order valence-corrected chi connectivity index (χ4v) is 2.27. The lowest BCUT2D eigenvalue weighted by Crippen LogP contribution is -2.02. The van der Waals surface area contributed by atoms with E-state index in [4.69, 9.17) is 16.2 Å². The van der Waals surface area contributed by atoms with E-state index in [-0.39, 0.29) is 17.1 Å². The van der Waals surface area contributed by atoms with E-state index in [1.54, 1.807) is 24.3 Å². The predicted molar refractivity (Wildman–Crippen MR) is 89.2 cm³/mol. The van der Waals surface area contributed by atoms with Gasteiger partial charge in [-0.2, -0.15) is 0 Å². The number of ether oxygens (including phenoxy) is 1. The van der Waals surface area contributed by atoms with E-state index in [9.17, 15) is 4.39 Å². The number of hydrogen-bond donors (Lipinski definition) is 2. The van der Waals surface area contributed by atoms with Gasteiger partial charge in [-0.3, -0.25) is 0 Å². The second kappa shape index (κ2) is 6.36. The average molecular weight is 309 g/mol. The number of hydrogen-bond acceptors (Lipinski definition) is 4. The van der Waals surface area contributed by atoms with E-state index in [1.165, 1.54) is 0 Å². The van der Waals surface area contributed by atoms with Gasteiger partial charge in [-0.25, -0.2) is 9.37 Å². The lowest BCUT2D eigenvalue weighted by Gasteiger charge is -2.10. The minimum absolute atomic E-state index is 0.116. The highest BCUT2D eigenvalue weighted by Gasteiger charge is 2.12. The fraction of sp³-hybridized carbons (Fsp3) is 0.0556. The molecule has 0 radical (unpaired) electrons. The Bertz CT molecular complexity index is 805. The molecular formula is C18H16FN3O. The zero-order valence-electron chi connectivity index (χ0n) is 12.4. The van der Waals surface area contributed by atoms with E-state index in [0.29, 0.717) is 17.9 Å². The van der Waals surface area contributed by atoms with Gasteiger partial charge >= 0.3 is 0 Å². The second-order valence-electron chi connectivity index (χ2n) is 5.08. The van der Waals surface area contributed by atoms with Gasteiger partial charge in [-0.15, -0.1) is 0 Å². The van der Waals surface area contributed by atoms with Crippen LogP contribution in [-0.4, -0.2) is 4.98 Å². The first-order valence-corrected chi connectivity index (χ1v) is 7.12. The summed E-state index contributed by atoms with van der Waals surface area (Å²) in [4.78, 5) is 3.70. The van der Waals surface area contributed by atoms with Crippen LogP contribution < -0.4 is 16.2 Å². The topological polar surface area (TPSA) is 74.2 Å². The maximum Gasteiger partial charge on any atom is 0.151 e. The van der Waals surface area contributed by atoms with E-state index in [0.717, 1.165) is 11.8 Å². The number of benzene rings is 2. The molecule has 0 saturated carbocycles. The van der Waals surface area contributed by atoms with Crippen LogP contribution in [0.2, 0.25) is 0 Å². The van der Waals surface area contributed by atoms with Crippen molar-refractivity contribution in [3.63, 3.8) is 0 Å². The summed E-state index contributed by atoms with van der Waals surface area (Å²) in [6.07, 6.45) is 1.07. The molecule has 0 saturated heterocycles. The molecule has 23 heavy (non-hydrogen) atoms. The zero-order valence-corrected chi connectivity index (χ0v) is 12.4. The van der Waals surface area contributed by atoms with E-state index >= 15 is 0 Å². The van der Waals surface area contributed by atoms with Crippen molar-refractivity contribution in [1.82, 2.24) is 4.98 Å². The van der Waals surface area contributed by atoms with Gasteiger partial charge < -0.3 is 16.2 Å². The van der Waals surface area contributed by atoms with Gasteiger partial charge in [0.15, 0.2) is 5.82 Å². The van der Waals surface area contributed by atoms with Crippen LogP contribution in [0.1, 0.15) is 5.56 Å². The molecule has 0 bridgehead atoms. The van der Waals surface area contributed by atoms with Crippen LogP contribution in [0.25, 0.3) is 11.1 Å². The van der Waals surface area contributed by atoms with Crippen LogP contribution in [0.5, 0.6) is 5.75 Å². The summed E-state index contributed by atoms with van der Waals surface area (Å²) in [6, 6.07) is 16.9. The van der Waals surface area contributed by atoms with Crippen LogP contribution in [0, 0.1) is 5.82 Å². The Hall–Kier alpha value is -3.08. The molecule has 0 fully saturated rings. The molecule has 0 atom stereocenters. The Balaban J connectivity index is 1.79. The van der Waals surface area contributed by atoms with Gasteiger partial charge in [0.05, 0.1) is 11.9 Å². The van der Waals surface area contributed by atoms with E-state index in [2.05, 4.69) is 4.98 Å². The van der Waals surface area contributed by atoms with Gasteiger partial charge in [-0.05, 0) is 23.3 Å². The molecule has 116 valence electrons. The minimum Gasteiger partial charge on any atom is -0.489 e. The van der Waals surface area contributed by atoms with Crippen molar-refractivity contribution in [2.45, 2.75) is 6.61 Å². The highest BCUT2D eigenvalue weighted by molar-refractivity contribution is 5.82. The molecule has 2 aromatic carbocycles. The average Bonchev–Trinajstić information content (AvgIpc) is 2.59. The molecule has 3 aromatic rings. The molecule has 0 aliphatic rings. The van der Waals surface area contributed by atoms with Crippen molar-refractivity contribution >= 4 is 11.5 Å². The van der Waals surface area contributed by atoms with Gasteiger partial charge in [0, 0.05) is 5.56 Å². The first kappa shape index (κ1) is 14.8. The van der Waals surface area contributed by atoms with Gasteiger partial charge in [0.2, 0.25) is 0 Å². The SMILES string of the molecule is Nc1ncc(F)c(-c2ccc(OCc3ccccc3)cc2)c1N. The first-order valence-electron chi connectivity index (χ1n) is 7.12. The summed E-state index contributed by atoms with van der Waals surface area (Å²) < 4.78 is 19.7. The van der Waals surface area contributed by atoms with Gasteiger partial charge in [0.25, 0.3) is 0 Å². The lowest BCUT2D eigenvalue weighted by molar-refractivity contribution is 0.306. The Morgan fingerprint density at radius 2 is 1.65 bits per heavy atom. The number of pyridine rings is 1.